The number of aromatic nitrogens is 1. The van der Waals surface area contributed by atoms with Gasteiger partial charge in [-0.2, -0.15) is 5.10 Å². The number of hydrogen-bond acceptors (Lipinski definition) is 4. The highest BCUT2D eigenvalue weighted by molar-refractivity contribution is 5.94. The molecule has 1 aromatic carbocycles. The van der Waals surface area contributed by atoms with Crippen LogP contribution in [0.2, 0.25) is 0 Å². The summed E-state index contributed by atoms with van der Waals surface area (Å²) in [5.74, 6) is -0.208. The van der Waals surface area contributed by atoms with Crippen LogP contribution in [0.5, 0.6) is 5.75 Å². The summed E-state index contributed by atoms with van der Waals surface area (Å²) in [6.45, 7) is 6.27. The lowest BCUT2D eigenvalue weighted by Crippen LogP contribution is -2.17. The van der Waals surface area contributed by atoms with E-state index in [0.717, 1.165) is 5.56 Å². The van der Waals surface area contributed by atoms with Gasteiger partial charge in [0.2, 0.25) is 0 Å². The molecule has 114 valence electrons. The first kappa shape index (κ1) is 15.7. The number of phenolic OH excluding ortho intramolecular Hbond substituents is 1. The molecule has 0 saturated heterocycles. The summed E-state index contributed by atoms with van der Waals surface area (Å²) in [5, 5.41) is 13.8. The minimum absolute atomic E-state index is 0.0312. The molecule has 0 fully saturated rings. The number of nitrogens with one attached hydrogen (secondary N) is 1. The van der Waals surface area contributed by atoms with Crippen LogP contribution in [-0.2, 0) is 5.41 Å². The molecule has 0 atom stereocenters. The number of phenols is 1. The van der Waals surface area contributed by atoms with Crippen LogP contribution in [0.3, 0.4) is 0 Å². The second kappa shape index (κ2) is 6.39. The van der Waals surface area contributed by atoms with Gasteiger partial charge in [-0.05, 0) is 35.2 Å². The quantitative estimate of drug-likeness (QED) is 0.675. The number of hydrogen-bond donors (Lipinski definition) is 2. The lowest BCUT2D eigenvalue weighted by Gasteiger charge is -2.19. The summed E-state index contributed by atoms with van der Waals surface area (Å²) in [4.78, 5) is 15.7. The normalized spacial score (nSPS) is 11.6. The third-order valence-electron chi connectivity index (χ3n) is 3.21. The monoisotopic (exact) mass is 297 g/mol. The maximum absolute atomic E-state index is 11.8. The van der Waals surface area contributed by atoms with E-state index in [9.17, 15) is 9.90 Å². The highest BCUT2D eigenvalue weighted by atomic mass is 16.3. The average Bonchev–Trinajstić information content (AvgIpc) is 2.48. The first-order chi connectivity index (χ1) is 10.4. The van der Waals surface area contributed by atoms with Crippen molar-refractivity contribution in [3.63, 3.8) is 0 Å². The van der Waals surface area contributed by atoms with E-state index in [1.54, 1.807) is 18.2 Å². The average molecular weight is 297 g/mol. The van der Waals surface area contributed by atoms with Gasteiger partial charge in [0.15, 0.2) is 0 Å². The number of carbonyl (C=O) groups is 1. The SMILES string of the molecule is CC(C)(C)c1ccc(O)c(/C=N/NC(=O)c2ccncc2)c1. The van der Waals surface area contributed by atoms with Crippen LogP contribution >= 0.6 is 0 Å². The maximum Gasteiger partial charge on any atom is 0.271 e. The van der Waals surface area contributed by atoms with Gasteiger partial charge < -0.3 is 5.11 Å². The third kappa shape index (κ3) is 3.91. The predicted molar refractivity (Wildman–Crippen MR) is 86.1 cm³/mol. The van der Waals surface area contributed by atoms with Crippen LogP contribution in [0, 0.1) is 0 Å². The summed E-state index contributed by atoms with van der Waals surface area (Å²) in [5.41, 5.74) is 4.50. The number of rotatable bonds is 3. The largest absolute Gasteiger partial charge is 0.507 e. The Morgan fingerprint density at radius 1 is 1.23 bits per heavy atom. The van der Waals surface area contributed by atoms with Crippen molar-refractivity contribution in [1.82, 2.24) is 10.4 Å². The maximum atomic E-state index is 11.8. The number of pyridine rings is 1. The van der Waals surface area contributed by atoms with Gasteiger partial charge >= 0.3 is 0 Å². The number of carbonyl (C=O) groups excluding carboxylic acids is 1. The summed E-state index contributed by atoms with van der Waals surface area (Å²) in [6.07, 6.45) is 4.51. The third-order valence-corrected chi connectivity index (χ3v) is 3.21. The number of amides is 1. The van der Waals surface area contributed by atoms with Gasteiger partial charge in [-0.15, -0.1) is 0 Å². The zero-order valence-electron chi connectivity index (χ0n) is 12.9. The minimum Gasteiger partial charge on any atom is -0.507 e. The zero-order valence-corrected chi connectivity index (χ0v) is 12.9. The highest BCUT2D eigenvalue weighted by Crippen LogP contribution is 2.26. The molecular formula is C17H19N3O2. The molecule has 1 heterocycles. The standard InChI is InChI=1S/C17H19N3O2/c1-17(2,3)14-4-5-15(21)13(10-14)11-19-20-16(22)12-6-8-18-9-7-12/h4-11,21H,1-3H3,(H,20,22)/b19-11+. The summed E-state index contributed by atoms with van der Waals surface area (Å²) in [6, 6.07) is 8.57. The Labute approximate surface area is 129 Å². The molecule has 5 nitrogen and oxygen atoms in total. The van der Waals surface area contributed by atoms with Crippen molar-refractivity contribution < 1.29 is 9.90 Å². The van der Waals surface area contributed by atoms with Crippen molar-refractivity contribution >= 4 is 12.1 Å². The lowest BCUT2D eigenvalue weighted by atomic mass is 9.86. The molecule has 2 aromatic rings. The fourth-order valence-corrected chi connectivity index (χ4v) is 1.85. The summed E-state index contributed by atoms with van der Waals surface area (Å²) >= 11 is 0. The summed E-state index contributed by atoms with van der Waals surface area (Å²) < 4.78 is 0. The predicted octanol–water partition coefficient (Wildman–Crippen LogP) is 2.85. The molecule has 0 unspecified atom stereocenters. The van der Waals surface area contributed by atoms with Gasteiger partial charge in [0.25, 0.3) is 5.91 Å². The van der Waals surface area contributed by atoms with Crippen LogP contribution in [-0.4, -0.2) is 22.2 Å². The molecule has 2 N–H and O–H groups in total. The number of benzene rings is 1. The molecule has 1 amide bonds. The number of hydrazone groups is 1. The number of nitrogens with zero attached hydrogens (tertiary/aromatic N) is 2. The first-order valence-electron chi connectivity index (χ1n) is 6.95. The molecule has 0 aliphatic carbocycles. The van der Waals surface area contributed by atoms with Gasteiger partial charge in [0.05, 0.1) is 6.21 Å². The molecule has 0 saturated carbocycles. The molecule has 0 spiro atoms. The zero-order chi connectivity index (χ0) is 16.2. The molecule has 22 heavy (non-hydrogen) atoms. The van der Waals surface area contributed by atoms with E-state index in [1.807, 2.05) is 12.1 Å². The van der Waals surface area contributed by atoms with Crippen LogP contribution in [0.25, 0.3) is 0 Å². The molecule has 0 radical (unpaired) electrons. The van der Waals surface area contributed by atoms with Crippen molar-refractivity contribution in [3.05, 3.63) is 59.4 Å². The van der Waals surface area contributed by atoms with E-state index < -0.39 is 0 Å². The molecule has 0 bridgehead atoms. The van der Waals surface area contributed by atoms with E-state index in [0.29, 0.717) is 11.1 Å². The Bertz CT molecular complexity index is 689. The highest BCUT2D eigenvalue weighted by Gasteiger charge is 2.14. The summed E-state index contributed by atoms with van der Waals surface area (Å²) in [7, 11) is 0. The van der Waals surface area contributed by atoms with E-state index in [4.69, 9.17) is 0 Å². The Hall–Kier alpha value is -2.69. The van der Waals surface area contributed by atoms with E-state index in [-0.39, 0.29) is 17.1 Å². The fourth-order valence-electron chi connectivity index (χ4n) is 1.85. The van der Waals surface area contributed by atoms with Crippen LogP contribution in [0.4, 0.5) is 0 Å². The van der Waals surface area contributed by atoms with Gasteiger partial charge in [0.1, 0.15) is 5.75 Å². The van der Waals surface area contributed by atoms with Crippen molar-refractivity contribution in [1.29, 1.82) is 0 Å². The molecular weight excluding hydrogens is 278 g/mol. The molecule has 1 aromatic heterocycles. The lowest BCUT2D eigenvalue weighted by molar-refractivity contribution is 0.0955. The van der Waals surface area contributed by atoms with Crippen molar-refractivity contribution in [2.75, 3.05) is 0 Å². The molecule has 2 rings (SSSR count). The van der Waals surface area contributed by atoms with Crippen LogP contribution in [0.15, 0.2) is 47.8 Å². The van der Waals surface area contributed by atoms with Gasteiger partial charge in [-0.1, -0.05) is 26.8 Å². The van der Waals surface area contributed by atoms with Crippen molar-refractivity contribution in [2.45, 2.75) is 26.2 Å². The van der Waals surface area contributed by atoms with E-state index >= 15 is 0 Å². The Morgan fingerprint density at radius 3 is 2.55 bits per heavy atom. The molecule has 0 aliphatic rings. The van der Waals surface area contributed by atoms with Gasteiger partial charge in [-0.3, -0.25) is 9.78 Å². The fraction of sp³-hybridized carbons (Fsp3) is 0.235. The van der Waals surface area contributed by atoms with E-state index in [1.165, 1.54) is 18.6 Å². The second-order valence-corrected chi connectivity index (χ2v) is 5.96. The minimum atomic E-state index is -0.329. The molecule has 0 aliphatic heterocycles. The number of aromatic hydroxyl groups is 1. The second-order valence-electron chi connectivity index (χ2n) is 5.96. The van der Waals surface area contributed by atoms with Crippen molar-refractivity contribution in [3.8, 4) is 5.75 Å². The van der Waals surface area contributed by atoms with Crippen LogP contribution in [0.1, 0.15) is 42.3 Å². The Morgan fingerprint density at radius 2 is 1.91 bits per heavy atom. The Balaban J connectivity index is 2.12. The van der Waals surface area contributed by atoms with Gasteiger partial charge in [0, 0.05) is 23.5 Å². The Kier molecular flexibility index (Phi) is 4.56. The topological polar surface area (TPSA) is 74.6 Å². The first-order valence-corrected chi connectivity index (χ1v) is 6.95. The van der Waals surface area contributed by atoms with Crippen LogP contribution < -0.4 is 5.43 Å². The van der Waals surface area contributed by atoms with Gasteiger partial charge in [-0.25, -0.2) is 5.43 Å². The van der Waals surface area contributed by atoms with Crippen molar-refractivity contribution in [2.24, 2.45) is 5.10 Å². The smallest absolute Gasteiger partial charge is 0.271 e. The molecule has 5 heteroatoms. The van der Waals surface area contributed by atoms with E-state index in [2.05, 4.69) is 36.3 Å².